The fourth-order valence-electron chi connectivity index (χ4n) is 0.646. The summed E-state index contributed by atoms with van der Waals surface area (Å²) < 4.78 is 0. The molecule has 52 valence electrons. The molecular formula is C7H8N2O. The number of hydrogen-bond donors (Lipinski definition) is 2. The van der Waals surface area contributed by atoms with E-state index < -0.39 is 0 Å². The van der Waals surface area contributed by atoms with E-state index in [2.05, 4.69) is 5.10 Å². The van der Waals surface area contributed by atoms with Crippen LogP contribution in [0.25, 0.3) is 0 Å². The zero-order valence-electron chi connectivity index (χ0n) is 5.36. The van der Waals surface area contributed by atoms with Crippen molar-refractivity contribution in [2.75, 3.05) is 0 Å². The maximum Gasteiger partial charge on any atom is 0.115 e. The van der Waals surface area contributed by atoms with Gasteiger partial charge in [0.2, 0.25) is 0 Å². The first kappa shape index (κ1) is 6.61. The van der Waals surface area contributed by atoms with Crippen molar-refractivity contribution in [3.8, 4) is 5.75 Å². The van der Waals surface area contributed by atoms with Crippen LogP contribution in [0.15, 0.2) is 29.4 Å². The SMILES string of the molecule is N/N=C/c1ccc(O)cc1. The highest BCUT2D eigenvalue weighted by Crippen LogP contribution is 2.07. The van der Waals surface area contributed by atoms with E-state index in [9.17, 15) is 0 Å². The molecule has 0 aliphatic carbocycles. The summed E-state index contributed by atoms with van der Waals surface area (Å²) in [4.78, 5) is 0. The molecule has 0 saturated carbocycles. The number of phenols is 1. The van der Waals surface area contributed by atoms with Gasteiger partial charge in [-0.25, -0.2) is 0 Å². The fourth-order valence-corrected chi connectivity index (χ4v) is 0.646. The quantitative estimate of drug-likeness (QED) is 0.339. The molecule has 3 N–H and O–H groups in total. The number of nitrogens with zero attached hydrogens (tertiary/aromatic N) is 1. The molecule has 10 heavy (non-hydrogen) atoms. The van der Waals surface area contributed by atoms with Crippen LogP contribution >= 0.6 is 0 Å². The van der Waals surface area contributed by atoms with Gasteiger partial charge in [0.25, 0.3) is 0 Å². The van der Waals surface area contributed by atoms with Crippen molar-refractivity contribution in [2.24, 2.45) is 10.9 Å². The van der Waals surface area contributed by atoms with Gasteiger partial charge < -0.3 is 10.9 Å². The summed E-state index contributed by atoms with van der Waals surface area (Å²) in [5.41, 5.74) is 0.875. The Bertz CT molecular complexity index is 228. The van der Waals surface area contributed by atoms with Crippen molar-refractivity contribution in [1.29, 1.82) is 0 Å². The molecule has 0 fully saturated rings. The molecule has 0 aliphatic rings. The first-order valence-corrected chi connectivity index (χ1v) is 2.85. The van der Waals surface area contributed by atoms with Crippen LogP contribution < -0.4 is 5.84 Å². The molecule has 1 rings (SSSR count). The average Bonchev–Trinajstić information content (AvgIpc) is 1.95. The Kier molecular flexibility index (Phi) is 1.89. The summed E-state index contributed by atoms with van der Waals surface area (Å²) in [6, 6.07) is 6.62. The van der Waals surface area contributed by atoms with Gasteiger partial charge in [-0.2, -0.15) is 5.10 Å². The first-order chi connectivity index (χ1) is 4.83. The molecule has 3 nitrogen and oxygen atoms in total. The van der Waals surface area contributed by atoms with Crippen LogP contribution in [0.5, 0.6) is 5.75 Å². The van der Waals surface area contributed by atoms with E-state index in [-0.39, 0.29) is 5.75 Å². The zero-order valence-corrected chi connectivity index (χ0v) is 5.36. The first-order valence-electron chi connectivity index (χ1n) is 2.85. The molecule has 3 heteroatoms. The van der Waals surface area contributed by atoms with Gasteiger partial charge in [0.05, 0.1) is 6.21 Å². The molecule has 0 saturated heterocycles. The summed E-state index contributed by atoms with van der Waals surface area (Å²) in [7, 11) is 0. The minimum Gasteiger partial charge on any atom is -0.508 e. The van der Waals surface area contributed by atoms with Gasteiger partial charge in [0, 0.05) is 0 Å². The van der Waals surface area contributed by atoms with Crippen molar-refractivity contribution < 1.29 is 5.11 Å². The fraction of sp³-hybridized carbons (Fsp3) is 0. The normalized spacial score (nSPS) is 10.4. The lowest BCUT2D eigenvalue weighted by Crippen LogP contribution is -1.84. The van der Waals surface area contributed by atoms with E-state index >= 15 is 0 Å². The van der Waals surface area contributed by atoms with Crippen molar-refractivity contribution in [2.45, 2.75) is 0 Å². The van der Waals surface area contributed by atoms with Crippen LogP contribution in [-0.2, 0) is 0 Å². The van der Waals surface area contributed by atoms with Gasteiger partial charge in [0.15, 0.2) is 0 Å². The molecule has 0 bridgehead atoms. The highest BCUT2D eigenvalue weighted by Gasteiger charge is 1.86. The largest absolute Gasteiger partial charge is 0.508 e. The van der Waals surface area contributed by atoms with Crippen molar-refractivity contribution >= 4 is 6.21 Å². The molecule has 1 aromatic carbocycles. The van der Waals surface area contributed by atoms with E-state index in [4.69, 9.17) is 10.9 Å². The number of hydrazone groups is 1. The van der Waals surface area contributed by atoms with Gasteiger partial charge in [0.1, 0.15) is 5.75 Å². The predicted octanol–water partition coefficient (Wildman–Crippen LogP) is 0.685. The van der Waals surface area contributed by atoms with E-state index in [0.717, 1.165) is 5.56 Å². The van der Waals surface area contributed by atoms with Crippen LogP contribution in [0.4, 0.5) is 0 Å². The second-order valence-corrected chi connectivity index (χ2v) is 1.87. The maximum atomic E-state index is 8.85. The van der Waals surface area contributed by atoms with Gasteiger partial charge >= 0.3 is 0 Å². The van der Waals surface area contributed by atoms with E-state index in [0.29, 0.717) is 0 Å². The van der Waals surface area contributed by atoms with Crippen molar-refractivity contribution in [3.05, 3.63) is 29.8 Å². The number of aromatic hydroxyl groups is 1. The van der Waals surface area contributed by atoms with E-state index in [1.54, 1.807) is 24.3 Å². The zero-order chi connectivity index (χ0) is 7.40. The Morgan fingerprint density at radius 2 is 1.90 bits per heavy atom. The second-order valence-electron chi connectivity index (χ2n) is 1.87. The summed E-state index contributed by atoms with van der Waals surface area (Å²) in [6.07, 6.45) is 1.51. The van der Waals surface area contributed by atoms with Crippen LogP contribution in [0.1, 0.15) is 5.56 Å². The van der Waals surface area contributed by atoms with Gasteiger partial charge in [-0.15, -0.1) is 0 Å². The molecule has 0 aliphatic heterocycles. The predicted molar refractivity (Wildman–Crippen MR) is 39.9 cm³/mol. The summed E-state index contributed by atoms with van der Waals surface area (Å²) >= 11 is 0. The second kappa shape index (κ2) is 2.87. The molecule has 0 spiro atoms. The molecular weight excluding hydrogens is 128 g/mol. The Morgan fingerprint density at radius 3 is 2.40 bits per heavy atom. The van der Waals surface area contributed by atoms with Crippen LogP contribution in [0.2, 0.25) is 0 Å². The minimum atomic E-state index is 0.245. The molecule has 0 atom stereocenters. The smallest absolute Gasteiger partial charge is 0.115 e. The van der Waals surface area contributed by atoms with Crippen molar-refractivity contribution in [3.63, 3.8) is 0 Å². The minimum absolute atomic E-state index is 0.245. The molecule has 0 unspecified atom stereocenters. The highest BCUT2D eigenvalue weighted by molar-refractivity contribution is 5.79. The number of hydrogen-bond acceptors (Lipinski definition) is 3. The van der Waals surface area contributed by atoms with Crippen LogP contribution in [0, 0.1) is 0 Å². The molecule has 0 aromatic heterocycles. The third-order valence-electron chi connectivity index (χ3n) is 1.12. The average molecular weight is 136 g/mol. The standard InChI is InChI=1S/C7H8N2O/c8-9-5-6-1-3-7(10)4-2-6/h1-5,10H,8H2/b9-5+. The van der Waals surface area contributed by atoms with E-state index in [1.165, 1.54) is 6.21 Å². The summed E-state index contributed by atoms with van der Waals surface area (Å²) in [5, 5.41) is 12.2. The molecule has 0 heterocycles. The Morgan fingerprint density at radius 1 is 1.30 bits per heavy atom. The maximum absolute atomic E-state index is 8.85. The third kappa shape index (κ3) is 1.48. The molecule has 1 aromatic rings. The van der Waals surface area contributed by atoms with Gasteiger partial charge in [-0.1, -0.05) is 0 Å². The number of nitrogens with two attached hydrogens (primary N) is 1. The van der Waals surface area contributed by atoms with Crippen molar-refractivity contribution in [1.82, 2.24) is 0 Å². The lowest BCUT2D eigenvalue weighted by molar-refractivity contribution is 0.475. The lowest BCUT2D eigenvalue weighted by Gasteiger charge is -1.90. The number of benzene rings is 1. The summed E-state index contributed by atoms with van der Waals surface area (Å²) in [6.45, 7) is 0. The number of rotatable bonds is 1. The monoisotopic (exact) mass is 136 g/mol. The van der Waals surface area contributed by atoms with Gasteiger partial charge in [-0.05, 0) is 29.8 Å². The van der Waals surface area contributed by atoms with Crippen LogP contribution in [-0.4, -0.2) is 11.3 Å². The topological polar surface area (TPSA) is 58.6 Å². The Balaban J connectivity index is 2.89. The Hall–Kier alpha value is -1.51. The number of phenolic OH excluding ortho intramolecular Hbond substituents is 1. The summed E-state index contributed by atoms with van der Waals surface area (Å²) in [5.74, 6) is 5.15. The van der Waals surface area contributed by atoms with Crippen LogP contribution in [0.3, 0.4) is 0 Å². The molecule has 0 radical (unpaired) electrons. The highest BCUT2D eigenvalue weighted by atomic mass is 16.3. The molecule has 0 amide bonds. The third-order valence-corrected chi connectivity index (χ3v) is 1.12. The van der Waals surface area contributed by atoms with Gasteiger partial charge in [-0.3, -0.25) is 0 Å². The van der Waals surface area contributed by atoms with E-state index in [1.807, 2.05) is 0 Å². The Labute approximate surface area is 58.8 Å². The lowest BCUT2D eigenvalue weighted by atomic mass is 10.2.